The number of carboxylic acid groups (broad SMARTS) is 2. The molecule has 0 spiro atoms. The summed E-state index contributed by atoms with van der Waals surface area (Å²) < 4.78 is 0. The first kappa shape index (κ1) is 53.2. The van der Waals surface area contributed by atoms with Crippen molar-refractivity contribution in [1.29, 1.82) is 0 Å². The van der Waals surface area contributed by atoms with Crippen LogP contribution in [0, 0.1) is 11.8 Å². The maximum absolute atomic E-state index is 13.8. The third-order valence-corrected chi connectivity index (χ3v) is 9.91. The zero-order valence-corrected chi connectivity index (χ0v) is 36.0. The topological polar surface area (TPSA) is 342 Å². The smallest absolute Gasteiger partial charge is 0.325 e. The molecule has 0 aliphatic heterocycles. The number of benzene rings is 1. The average Bonchev–Trinajstić information content (AvgIpc) is 3.20. The second-order valence-electron chi connectivity index (χ2n) is 14.8. The summed E-state index contributed by atoms with van der Waals surface area (Å²) in [5, 5.41) is 45.4. The van der Waals surface area contributed by atoms with Gasteiger partial charge >= 0.3 is 11.9 Å². The lowest BCUT2D eigenvalue weighted by Crippen LogP contribution is -2.61. The maximum atomic E-state index is 13.8. The number of rotatable bonds is 28. The molecule has 0 radical (unpaired) electrons. The second-order valence-corrected chi connectivity index (χ2v) is 15.8. The summed E-state index contributed by atoms with van der Waals surface area (Å²) in [6.45, 7) is 7.14. The SMILES string of the molecule is CC[C@H](C)[C@H](NC(=O)[C@H](CC(=O)O)NC(=O)[C@H](CCC(N)=O)NC(=O)[C@H](CC(C)C)NC(=O)c1ccccc1)C(=O)N[C@@H](CCSC)C(=O)N[C@@H](CO)C(=O)N[C@@H](C)C(=O)O. The van der Waals surface area contributed by atoms with E-state index in [9.17, 15) is 58.2 Å². The lowest BCUT2D eigenvalue weighted by Gasteiger charge is -2.29. The van der Waals surface area contributed by atoms with E-state index in [1.807, 2.05) is 0 Å². The van der Waals surface area contributed by atoms with Crippen molar-refractivity contribution in [1.82, 2.24) is 37.2 Å². The number of hydrogen-bond donors (Lipinski definition) is 11. The number of thioether (sulfide) groups is 1. The van der Waals surface area contributed by atoms with Gasteiger partial charge in [0, 0.05) is 12.0 Å². The zero-order valence-electron chi connectivity index (χ0n) is 35.1. The van der Waals surface area contributed by atoms with Crippen molar-refractivity contribution in [3.8, 4) is 0 Å². The maximum Gasteiger partial charge on any atom is 0.325 e. The molecular weight excluding hydrogens is 821 g/mol. The van der Waals surface area contributed by atoms with Crippen LogP contribution in [0.4, 0.5) is 0 Å². The first-order valence-electron chi connectivity index (χ1n) is 19.7. The molecule has 21 nitrogen and oxygen atoms in total. The first-order chi connectivity index (χ1) is 28.6. The molecule has 8 amide bonds. The lowest BCUT2D eigenvalue weighted by molar-refractivity contribution is -0.142. The van der Waals surface area contributed by atoms with Gasteiger partial charge in [0.1, 0.15) is 42.3 Å². The van der Waals surface area contributed by atoms with Crippen molar-refractivity contribution < 1.29 is 63.3 Å². The van der Waals surface area contributed by atoms with Crippen molar-refractivity contribution in [2.45, 2.75) is 115 Å². The van der Waals surface area contributed by atoms with Crippen molar-refractivity contribution in [2.24, 2.45) is 17.6 Å². The van der Waals surface area contributed by atoms with Crippen LogP contribution in [0.2, 0.25) is 0 Å². The molecule has 0 aromatic heterocycles. The molecule has 12 N–H and O–H groups in total. The molecule has 8 atom stereocenters. The highest BCUT2D eigenvalue weighted by Gasteiger charge is 2.36. The second kappa shape index (κ2) is 27.2. The summed E-state index contributed by atoms with van der Waals surface area (Å²) in [4.78, 5) is 129. The molecule has 0 fully saturated rings. The highest BCUT2D eigenvalue weighted by atomic mass is 32.2. The van der Waals surface area contributed by atoms with Crippen LogP contribution < -0.4 is 43.0 Å². The molecule has 0 aliphatic rings. The predicted molar refractivity (Wildman–Crippen MR) is 222 cm³/mol. The molecule has 0 aliphatic carbocycles. The number of aliphatic hydroxyl groups is 1. The van der Waals surface area contributed by atoms with Crippen LogP contribution in [0.3, 0.4) is 0 Å². The lowest BCUT2D eigenvalue weighted by atomic mass is 9.97. The molecule has 0 bridgehead atoms. The van der Waals surface area contributed by atoms with Gasteiger partial charge in [0.25, 0.3) is 5.91 Å². The van der Waals surface area contributed by atoms with Gasteiger partial charge in [0.15, 0.2) is 0 Å². The number of hydrogen-bond acceptors (Lipinski definition) is 12. The van der Waals surface area contributed by atoms with Crippen LogP contribution in [0.1, 0.15) is 83.5 Å². The Balaban J connectivity index is 3.36. The van der Waals surface area contributed by atoms with Gasteiger partial charge in [-0.1, -0.05) is 52.3 Å². The molecule has 0 heterocycles. The molecule has 0 unspecified atom stereocenters. The minimum atomic E-state index is -1.84. The van der Waals surface area contributed by atoms with Crippen LogP contribution in [-0.4, -0.2) is 135 Å². The van der Waals surface area contributed by atoms with E-state index in [0.717, 1.165) is 0 Å². The summed E-state index contributed by atoms with van der Waals surface area (Å²) in [6, 6.07) is -2.17. The van der Waals surface area contributed by atoms with Crippen molar-refractivity contribution in [3.05, 3.63) is 35.9 Å². The van der Waals surface area contributed by atoms with Gasteiger partial charge in [-0.3, -0.25) is 47.9 Å². The average molecular weight is 881 g/mol. The Kier molecular flexibility index (Phi) is 23.7. The fourth-order valence-corrected chi connectivity index (χ4v) is 6.05. The third-order valence-electron chi connectivity index (χ3n) is 9.27. The number of carbonyl (C=O) groups is 10. The quantitative estimate of drug-likeness (QED) is 0.0451. The normalized spacial score (nSPS) is 14.9. The van der Waals surface area contributed by atoms with Crippen molar-refractivity contribution >= 4 is 71.0 Å². The number of carbonyl (C=O) groups excluding carboxylic acids is 8. The van der Waals surface area contributed by atoms with Crippen molar-refractivity contribution in [3.63, 3.8) is 0 Å². The van der Waals surface area contributed by atoms with Gasteiger partial charge < -0.3 is 58.3 Å². The Morgan fingerprint density at radius 3 is 1.67 bits per heavy atom. The number of nitrogens with two attached hydrogens (primary N) is 1. The fourth-order valence-electron chi connectivity index (χ4n) is 5.58. The molecule has 0 saturated carbocycles. The van der Waals surface area contributed by atoms with E-state index in [2.05, 4.69) is 37.2 Å². The molecule has 1 rings (SSSR count). The molecule has 22 heteroatoms. The Hall–Kier alpha value is -5.77. The van der Waals surface area contributed by atoms with Gasteiger partial charge in [-0.05, 0) is 62.2 Å². The van der Waals surface area contributed by atoms with Gasteiger partial charge in [-0.25, -0.2) is 0 Å². The Labute approximate surface area is 358 Å². The number of primary amides is 1. The van der Waals surface area contributed by atoms with Crippen LogP contribution in [-0.2, 0) is 43.2 Å². The van der Waals surface area contributed by atoms with E-state index in [4.69, 9.17) is 10.8 Å². The predicted octanol–water partition coefficient (Wildman–Crippen LogP) is -1.62. The van der Waals surface area contributed by atoms with Crippen LogP contribution in [0.15, 0.2) is 30.3 Å². The number of aliphatic carboxylic acids is 2. The summed E-state index contributed by atoms with van der Waals surface area (Å²) in [7, 11) is 0. The summed E-state index contributed by atoms with van der Waals surface area (Å²) in [6.07, 6.45) is 0.386. The highest BCUT2D eigenvalue weighted by molar-refractivity contribution is 7.98. The van der Waals surface area contributed by atoms with Crippen molar-refractivity contribution in [2.75, 3.05) is 18.6 Å². The Bertz CT molecular complexity index is 1700. The van der Waals surface area contributed by atoms with Gasteiger partial charge in [0.05, 0.1) is 13.0 Å². The van der Waals surface area contributed by atoms with Crippen LogP contribution in [0.5, 0.6) is 0 Å². The molecule has 1 aromatic rings. The van der Waals surface area contributed by atoms with E-state index in [1.54, 1.807) is 52.1 Å². The van der Waals surface area contributed by atoms with Crippen LogP contribution >= 0.6 is 11.8 Å². The minimum absolute atomic E-state index is 0.00920. The monoisotopic (exact) mass is 880 g/mol. The highest BCUT2D eigenvalue weighted by Crippen LogP contribution is 2.13. The number of amides is 8. The summed E-state index contributed by atoms with van der Waals surface area (Å²) >= 11 is 1.32. The van der Waals surface area contributed by atoms with E-state index in [0.29, 0.717) is 5.75 Å². The van der Waals surface area contributed by atoms with Gasteiger partial charge in [-0.2, -0.15) is 11.8 Å². The van der Waals surface area contributed by atoms with Gasteiger partial charge in [-0.15, -0.1) is 0 Å². The third kappa shape index (κ3) is 19.4. The van der Waals surface area contributed by atoms with E-state index < -0.39 is 127 Å². The summed E-state index contributed by atoms with van der Waals surface area (Å²) in [5.74, 6) is -10.6. The van der Waals surface area contributed by atoms with E-state index >= 15 is 0 Å². The van der Waals surface area contributed by atoms with Gasteiger partial charge in [0.2, 0.25) is 41.4 Å². The number of nitrogens with one attached hydrogen (secondary N) is 7. The fraction of sp³-hybridized carbons (Fsp3) is 0.590. The minimum Gasteiger partial charge on any atom is -0.481 e. The zero-order chi connectivity index (χ0) is 46.4. The standard InChI is InChI=1S/C39H60N8O13S/c1-7-21(4)31(38(58)43-25(15-16-61-6)34(54)46-28(19-48)37(57)41-22(5)39(59)60)47-36(56)27(18-30(50)51)45-33(53)24(13-14-29(40)49)42-35(55)26(17-20(2)3)44-32(52)23-11-9-8-10-12-23/h8-12,20-22,24-28,31,48H,7,13-19H2,1-6H3,(H2,40,49)(H,41,57)(H,42,55)(H,43,58)(H,44,52)(H,45,53)(H,46,54)(H,47,56)(H,50,51)(H,59,60)/t21-,22-,24-,25-,26-,27-,28-,31-/m0/s1. The van der Waals surface area contributed by atoms with E-state index in [-0.39, 0.29) is 37.2 Å². The summed E-state index contributed by atoms with van der Waals surface area (Å²) in [5.41, 5.74) is 5.59. The molecular formula is C39H60N8O13S. The largest absolute Gasteiger partial charge is 0.481 e. The molecule has 61 heavy (non-hydrogen) atoms. The Morgan fingerprint density at radius 1 is 0.656 bits per heavy atom. The molecule has 0 saturated heterocycles. The molecule has 1 aromatic carbocycles. The van der Waals surface area contributed by atoms with E-state index in [1.165, 1.54) is 30.8 Å². The number of aliphatic hydroxyl groups excluding tert-OH is 1. The first-order valence-corrected chi connectivity index (χ1v) is 21.1. The van der Waals surface area contributed by atoms with Crippen LogP contribution in [0.25, 0.3) is 0 Å². The number of carboxylic acids is 2. The molecule has 340 valence electrons. The Morgan fingerprint density at radius 2 is 1.16 bits per heavy atom.